The third-order valence-corrected chi connectivity index (χ3v) is 3.81. The van der Waals surface area contributed by atoms with Gasteiger partial charge in [-0.3, -0.25) is 0 Å². The monoisotopic (exact) mass is 370 g/mol. The summed E-state index contributed by atoms with van der Waals surface area (Å²) in [5.74, 6) is 2.20. The third-order valence-electron chi connectivity index (χ3n) is 3.81. The Morgan fingerprint density at radius 1 is 0.852 bits per heavy atom. The Bertz CT molecular complexity index is 682. The predicted octanol–water partition coefficient (Wildman–Crippen LogP) is 4.51. The number of nitrogens with one attached hydrogen (secondary N) is 2. The van der Waals surface area contributed by atoms with Crippen LogP contribution in [0.25, 0.3) is 0 Å². The largest absolute Gasteiger partial charge is 0.494 e. The molecule has 5 nitrogen and oxygen atoms in total. The first-order chi connectivity index (χ1) is 13.1. The molecule has 0 radical (unpaired) electrons. The molecular formula is C22H30N2O3. The van der Waals surface area contributed by atoms with E-state index in [9.17, 15) is 4.79 Å². The maximum Gasteiger partial charge on any atom is 0.315 e. The van der Waals surface area contributed by atoms with E-state index in [4.69, 9.17) is 9.47 Å². The summed E-state index contributed by atoms with van der Waals surface area (Å²) in [6.45, 7) is 8.67. The molecule has 2 aromatic rings. The molecule has 2 aromatic carbocycles. The molecule has 5 heteroatoms. The van der Waals surface area contributed by atoms with Crippen molar-refractivity contribution in [3.05, 3.63) is 59.7 Å². The van der Waals surface area contributed by atoms with Gasteiger partial charge in [0.15, 0.2) is 0 Å². The van der Waals surface area contributed by atoms with Crippen LogP contribution in [0.2, 0.25) is 0 Å². The molecule has 0 saturated heterocycles. The maximum atomic E-state index is 12.0. The Morgan fingerprint density at radius 2 is 1.33 bits per heavy atom. The number of carbonyl (C=O) groups excluding carboxylic acids is 1. The van der Waals surface area contributed by atoms with E-state index < -0.39 is 0 Å². The van der Waals surface area contributed by atoms with Gasteiger partial charge in [-0.15, -0.1) is 0 Å². The van der Waals surface area contributed by atoms with Crippen molar-refractivity contribution in [3.8, 4) is 11.5 Å². The second kappa shape index (κ2) is 11.1. The number of hydrogen-bond donors (Lipinski definition) is 2. The number of benzene rings is 2. The minimum absolute atomic E-state index is 0.193. The fourth-order valence-electron chi connectivity index (χ4n) is 2.32. The highest BCUT2D eigenvalue weighted by molar-refractivity contribution is 5.73. The van der Waals surface area contributed by atoms with Gasteiger partial charge in [0, 0.05) is 13.1 Å². The summed E-state index contributed by atoms with van der Waals surface area (Å²) in [7, 11) is 0. The Balaban J connectivity index is 1.69. The molecule has 2 rings (SSSR count). The lowest BCUT2D eigenvalue weighted by molar-refractivity contribution is 0.240. The van der Waals surface area contributed by atoms with E-state index in [1.807, 2.05) is 48.5 Å². The van der Waals surface area contributed by atoms with E-state index in [1.54, 1.807) is 0 Å². The van der Waals surface area contributed by atoms with Gasteiger partial charge < -0.3 is 20.1 Å². The normalized spacial score (nSPS) is 10.5. The molecule has 0 atom stereocenters. The lowest BCUT2D eigenvalue weighted by atomic mass is 10.2. The number of ether oxygens (including phenoxy) is 2. The van der Waals surface area contributed by atoms with Crippen LogP contribution in [0.4, 0.5) is 4.79 Å². The Kier molecular flexibility index (Phi) is 8.49. The van der Waals surface area contributed by atoms with E-state index in [2.05, 4.69) is 31.4 Å². The fraction of sp³-hybridized carbons (Fsp3) is 0.409. The molecule has 0 heterocycles. The van der Waals surface area contributed by atoms with Crippen molar-refractivity contribution in [2.24, 2.45) is 5.92 Å². The summed E-state index contributed by atoms with van der Waals surface area (Å²) in [6, 6.07) is 15.4. The zero-order chi connectivity index (χ0) is 19.5. The van der Waals surface area contributed by atoms with E-state index in [1.165, 1.54) is 0 Å². The number of rotatable bonds is 10. The van der Waals surface area contributed by atoms with Gasteiger partial charge in [-0.25, -0.2) is 4.79 Å². The van der Waals surface area contributed by atoms with Crippen molar-refractivity contribution in [3.63, 3.8) is 0 Å². The van der Waals surface area contributed by atoms with Gasteiger partial charge in [0.1, 0.15) is 11.5 Å². The smallest absolute Gasteiger partial charge is 0.315 e. The lowest BCUT2D eigenvalue weighted by Crippen LogP contribution is -2.34. The Hall–Kier alpha value is -2.69. The van der Waals surface area contributed by atoms with Gasteiger partial charge in [-0.05, 0) is 47.7 Å². The zero-order valence-electron chi connectivity index (χ0n) is 16.5. The molecule has 2 amide bonds. The molecule has 0 fully saturated rings. The molecule has 146 valence electrons. The van der Waals surface area contributed by atoms with Crippen LogP contribution in [0.1, 0.15) is 38.3 Å². The van der Waals surface area contributed by atoms with Crippen LogP contribution in [-0.4, -0.2) is 19.2 Å². The van der Waals surface area contributed by atoms with Crippen molar-refractivity contribution in [2.45, 2.75) is 40.3 Å². The molecule has 27 heavy (non-hydrogen) atoms. The molecule has 0 bridgehead atoms. The molecule has 0 aliphatic rings. The van der Waals surface area contributed by atoms with E-state index in [0.717, 1.165) is 29.0 Å². The number of urea groups is 1. The average Bonchev–Trinajstić information content (AvgIpc) is 2.69. The van der Waals surface area contributed by atoms with Gasteiger partial charge in [-0.1, -0.05) is 45.0 Å². The Morgan fingerprint density at radius 3 is 1.78 bits per heavy atom. The topological polar surface area (TPSA) is 59.6 Å². The molecule has 0 aliphatic carbocycles. The number of hydrogen-bond acceptors (Lipinski definition) is 3. The van der Waals surface area contributed by atoms with Gasteiger partial charge in [0.25, 0.3) is 0 Å². The molecule has 0 saturated carbocycles. The minimum atomic E-state index is -0.193. The molecule has 0 aliphatic heterocycles. The van der Waals surface area contributed by atoms with Crippen LogP contribution < -0.4 is 20.1 Å². The van der Waals surface area contributed by atoms with Crippen LogP contribution in [0.15, 0.2) is 48.5 Å². The van der Waals surface area contributed by atoms with Crippen molar-refractivity contribution in [2.75, 3.05) is 13.2 Å². The third kappa shape index (κ3) is 8.03. The van der Waals surface area contributed by atoms with Crippen LogP contribution in [0.3, 0.4) is 0 Å². The van der Waals surface area contributed by atoms with E-state index in [0.29, 0.717) is 32.2 Å². The predicted molar refractivity (Wildman–Crippen MR) is 108 cm³/mol. The molecule has 0 aromatic heterocycles. The maximum absolute atomic E-state index is 12.0. The van der Waals surface area contributed by atoms with Crippen LogP contribution in [-0.2, 0) is 13.1 Å². The van der Waals surface area contributed by atoms with Crippen LogP contribution in [0.5, 0.6) is 11.5 Å². The summed E-state index contributed by atoms with van der Waals surface area (Å²) in [5, 5.41) is 5.72. The standard InChI is InChI=1S/C22H30N2O3/c1-4-13-26-20-9-5-18(6-10-20)14-23-22(25)24-15-19-7-11-21(12-8-19)27-16-17(2)3/h5-12,17H,4,13-16H2,1-3H3,(H2,23,24,25). The summed E-state index contributed by atoms with van der Waals surface area (Å²) in [4.78, 5) is 12.0. The summed E-state index contributed by atoms with van der Waals surface area (Å²) in [6.07, 6.45) is 0.983. The van der Waals surface area contributed by atoms with Crippen LogP contribution >= 0.6 is 0 Å². The highest BCUT2D eigenvalue weighted by Gasteiger charge is 2.03. The second-order valence-electron chi connectivity index (χ2n) is 6.88. The Labute approximate surface area is 162 Å². The first kappa shape index (κ1) is 20.6. The van der Waals surface area contributed by atoms with Crippen LogP contribution in [0, 0.1) is 5.92 Å². The lowest BCUT2D eigenvalue weighted by Gasteiger charge is -2.10. The quantitative estimate of drug-likeness (QED) is 0.647. The number of carbonyl (C=O) groups is 1. The van der Waals surface area contributed by atoms with Crippen molar-refractivity contribution in [1.82, 2.24) is 10.6 Å². The fourth-order valence-corrected chi connectivity index (χ4v) is 2.32. The SMILES string of the molecule is CCCOc1ccc(CNC(=O)NCc2ccc(OCC(C)C)cc2)cc1. The summed E-state index contributed by atoms with van der Waals surface area (Å²) in [5.41, 5.74) is 2.06. The van der Waals surface area contributed by atoms with Gasteiger partial charge in [-0.2, -0.15) is 0 Å². The van der Waals surface area contributed by atoms with E-state index >= 15 is 0 Å². The number of amides is 2. The van der Waals surface area contributed by atoms with E-state index in [-0.39, 0.29) is 6.03 Å². The van der Waals surface area contributed by atoms with Gasteiger partial charge >= 0.3 is 6.03 Å². The second-order valence-corrected chi connectivity index (χ2v) is 6.88. The van der Waals surface area contributed by atoms with Crippen molar-refractivity contribution >= 4 is 6.03 Å². The minimum Gasteiger partial charge on any atom is -0.494 e. The average molecular weight is 370 g/mol. The highest BCUT2D eigenvalue weighted by atomic mass is 16.5. The molecule has 0 unspecified atom stereocenters. The summed E-state index contributed by atoms with van der Waals surface area (Å²) >= 11 is 0. The van der Waals surface area contributed by atoms with Gasteiger partial charge in [0.2, 0.25) is 0 Å². The molecule has 2 N–H and O–H groups in total. The van der Waals surface area contributed by atoms with Crippen molar-refractivity contribution in [1.29, 1.82) is 0 Å². The zero-order valence-corrected chi connectivity index (χ0v) is 16.5. The summed E-state index contributed by atoms with van der Waals surface area (Å²) < 4.78 is 11.2. The molecule has 0 spiro atoms. The first-order valence-corrected chi connectivity index (χ1v) is 9.52. The van der Waals surface area contributed by atoms with Gasteiger partial charge in [0.05, 0.1) is 13.2 Å². The van der Waals surface area contributed by atoms with Crippen molar-refractivity contribution < 1.29 is 14.3 Å². The highest BCUT2D eigenvalue weighted by Crippen LogP contribution is 2.14. The molecular weight excluding hydrogens is 340 g/mol. The first-order valence-electron chi connectivity index (χ1n) is 9.52.